The Kier molecular flexibility index (Phi) is 3.87. The fourth-order valence-corrected chi connectivity index (χ4v) is 2.59. The zero-order valence-electron chi connectivity index (χ0n) is 10.2. The lowest BCUT2D eigenvalue weighted by Gasteiger charge is -2.07. The van der Waals surface area contributed by atoms with Crippen molar-refractivity contribution in [1.82, 2.24) is 0 Å². The third kappa shape index (κ3) is 3.35. The summed E-state index contributed by atoms with van der Waals surface area (Å²) < 4.78 is 0. The Morgan fingerprint density at radius 2 is 1.71 bits per heavy atom. The van der Waals surface area contributed by atoms with E-state index in [4.69, 9.17) is 5.73 Å². The summed E-state index contributed by atoms with van der Waals surface area (Å²) in [5.41, 5.74) is 8.30. The van der Waals surface area contributed by atoms with Gasteiger partial charge in [-0.15, -0.1) is 0 Å². The summed E-state index contributed by atoms with van der Waals surface area (Å²) in [6, 6.07) is 17.1. The zero-order valence-corrected chi connectivity index (χ0v) is 11.0. The van der Waals surface area contributed by atoms with E-state index < -0.39 is 0 Å². The molecule has 2 N–H and O–H groups in total. The number of aryl methyl sites for hydroxylation is 1. The van der Waals surface area contributed by atoms with Gasteiger partial charge in [0.15, 0.2) is 0 Å². The summed E-state index contributed by atoms with van der Waals surface area (Å²) in [6.45, 7) is 4.12. The third-order valence-corrected chi connectivity index (χ3v) is 3.63. The molecule has 2 heteroatoms. The largest absolute Gasteiger partial charge is 0.324 e. The van der Waals surface area contributed by atoms with Crippen LogP contribution in [-0.4, -0.2) is 0 Å². The molecule has 0 amide bonds. The molecule has 17 heavy (non-hydrogen) atoms. The fraction of sp³-hybridized carbons (Fsp3) is 0.200. The van der Waals surface area contributed by atoms with Gasteiger partial charge in [-0.2, -0.15) is 0 Å². The van der Waals surface area contributed by atoms with Gasteiger partial charge in [0.1, 0.15) is 0 Å². The minimum Gasteiger partial charge on any atom is -0.324 e. The first-order valence-electron chi connectivity index (χ1n) is 5.75. The van der Waals surface area contributed by atoms with Crippen LogP contribution in [0.1, 0.15) is 24.1 Å². The Balaban J connectivity index is 2.14. The average Bonchev–Trinajstić information content (AvgIpc) is 2.29. The first-order chi connectivity index (χ1) is 8.15. The fourth-order valence-electron chi connectivity index (χ4n) is 1.65. The van der Waals surface area contributed by atoms with Crippen LogP contribution in [0.3, 0.4) is 0 Å². The Morgan fingerprint density at radius 3 is 2.29 bits per heavy atom. The van der Waals surface area contributed by atoms with Gasteiger partial charge in [0, 0.05) is 15.8 Å². The monoisotopic (exact) mass is 243 g/mol. The number of hydrogen-bond acceptors (Lipinski definition) is 2. The van der Waals surface area contributed by atoms with Crippen molar-refractivity contribution in [2.75, 3.05) is 0 Å². The van der Waals surface area contributed by atoms with Crippen LogP contribution in [0.25, 0.3) is 0 Å². The quantitative estimate of drug-likeness (QED) is 0.875. The Labute approximate surface area is 107 Å². The molecule has 0 radical (unpaired) electrons. The lowest BCUT2D eigenvalue weighted by Crippen LogP contribution is -2.04. The van der Waals surface area contributed by atoms with Crippen LogP contribution in [-0.2, 0) is 0 Å². The summed E-state index contributed by atoms with van der Waals surface area (Å²) in [5.74, 6) is 0. The van der Waals surface area contributed by atoms with Crippen LogP contribution in [0.2, 0.25) is 0 Å². The molecule has 0 aliphatic rings. The lowest BCUT2D eigenvalue weighted by molar-refractivity contribution is 0.817. The molecule has 1 nitrogen and oxygen atoms in total. The second kappa shape index (κ2) is 5.39. The first kappa shape index (κ1) is 12.2. The van der Waals surface area contributed by atoms with Gasteiger partial charge in [-0.1, -0.05) is 41.6 Å². The molecule has 0 aliphatic heterocycles. The maximum Gasteiger partial charge on any atom is 0.0266 e. The molecule has 2 aromatic carbocycles. The average molecular weight is 243 g/mol. The number of nitrogens with two attached hydrogens (primary N) is 1. The molecule has 2 aromatic rings. The van der Waals surface area contributed by atoms with Crippen molar-refractivity contribution >= 4 is 11.8 Å². The molecule has 0 aliphatic carbocycles. The summed E-state index contributed by atoms with van der Waals surface area (Å²) in [7, 11) is 0. The van der Waals surface area contributed by atoms with Gasteiger partial charge in [0.05, 0.1) is 0 Å². The van der Waals surface area contributed by atoms with Gasteiger partial charge in [-0.3, -0.25) is 0 Å². The van der Waals surface area contributed by atoms with E-state index in [0.717, 1.165) is 0 Å². The maximum atomic E-state index is 5.83. The summed E-state index contributed by atoms with van der Waals surface area (Å²) >= 11 is 1.78. The second-order valence-corrected chi connectivity index (χ2v) is 5.42. The van der Waals surface area contributed by atoms with Crippen LogP contribution in [0.4, 0.5) is 0 Å². The van der Waals surface area contributed by atoms with Crippen LogP contribution >= 0.6 is 11.8 Å². The molecule has 0 heterocycles. The Morgan fingerprint density at radius 1 is 1.00 bits per heavy atom. The molecule has 1 unspecified atom stereocenters. The summed E-state index contributed by atoms with van der Waals surface area (Å²) in [5, 5.41) is 0. The molecule has 2 rings (SSSR count). The predicted molar refractivity (Wildman–Crippen MR) is 74.3 cm³/mol. The van der Waals surface area contributed by atoms with E-state index in [1.54, 1.807) is 11.8 Å². The zero-order chi connectivity index (χ0) is 12.3. The SMILES string of the molecule is Cc1cccc(Sc2ccc(C(C)N)cc2)c1. The van der Waals surface area contributed by atoms with Crippen LogP contribution in [0, 0.1) is 6.92 Å². The summed E-state index contributed by atoms with van der Waals surface area (Å²) in [6.07, 6.45) is 0. The van der Waals surface area contributed by atoms with Crippen LogP contribution in [0.5, 0.6) is 0 Å². The minimum atomic E-state index is 0.105. The van der Waals surface area contributed by atoms with E-state index in [1.165, 1.54) is 20.9 Å². The number of rotatable bonds is 3. The highest BCUT2D eigenvalue weighted by molar-refractivity contribution is 7.99. The molecular weight excluding hydrogens is 226 g/mol. The third-order valence-electron chi connectivity index (χ3n) is 2.63. The van der Waals surface area contributed by atoms with Gasteiger partial charge in [-0.05, 0) is 43.7 Å². The van der Waals surface area contributed by atoms with Gasteiger partial charge in [-0.25, -0.2) is 0 Å². The van der Waals surface area contributed by atoms with E-state index in [-0.39, 0.29) is 6.04 Å². The highest BCUT2D eigenvalue weighted by Crippen LogP contribution is 2.28. The van der Waals surface area contributed by atoms with Crippen molar-refractivity contribution < 1.29 is 0 Å². The van der Waals surface area contributed by atoms with Crippen molar-refractivity contribution in [3.63, 3.8) is 0 Å². The van der Waals surface area contributed by atoms with Gasteiger partial charge in [0.25, 0.3) is 0 Å². The molecule has 0 aromatic heterocycles. The molecule has 88 valence electrons. The van der Waals surface area contributed by atoms with E-state index in [9.17, 15) is 0 Å². The van der Waals surface area contributed by atoms with Crippen molar-refractivity contribution in [3.05, 3.63) is 59.7 Å². The van der Waals surface area contributed by atoms with Crippen molar-refractivity contribution in [1.29, 1.82) is 0 Å². The predicted octanol–water partition coefficient (Wildman–Crippen LogP) is 4.17. The lowest BCUT2D eigenvalue weighted by atomic mass is 10.1. The molecule has 0 spiro atoms. The Bertz CT molecular complexity index is 489. The normalized spacial score (nSPS) is 12.4. The minimum absolute atomic E-state index is 0.105. The smallest absolute Gasteiger partial charge is 0.0266 e. The molecule has 1 atom stereocenters. The highest BCUT2D eigenvalue weighted by atomic mass is 32.2. The maximum absolute atomic E-state index is 5.83. The van der Waals surface area contributed by atoms with Gasteiger partial charge < -0.3 is 5.73 Å². The standard InChI is InChI=1S/C15H17NS/c1-11-4-3-5-15(10-11)17-14-8-6-13(7-9-14)12(2)16/h3-10,12H,16H2,1-2H3. The molecular formula is C15H17NS. The second-order valence-electron chi connectivity index (χ2n) is 4.28. The van der Waals surface area contributed by atoms with Crippen molar-refractivity contribution in [3.8, 4) is 0 Å². The van der Waals surface area contributed by atoms with Gasteiger partial charge >= 0.3 is 0 Å². The topological polar surface area (TPSA) is 26.0 Å². The van der Waals surface area contributed by atoms with Crippen LogP contribution in [0.15, 0.2) is 58.3 Å². The van der Waals surface area contributed by atoms with Crippen molar-refractivity contribution in [2.24, 2.45) is 5.73 Å². The number of benzene rings is 2. The molecule has 0 saturated carbocycles. The molecule has 0 bridgehead atoms. The molecule has 0 saturated heterocycles. The Hall–Kier alpha value is -1.25. The highest BCUT2D eigenvalue weighted by Gasteiger charge is 2.00. The van der Waals surface area contributed by atoms with Crippen LogP contribution < -0.4 is 5.73 Å². The van der Waals surface area contributed by atoms with E-state index >= 15 is 0 Å². The van der Waals surface area contributed by atoms with Crippen molar-refractivity contribution in [2.45, 2.75) is 29.7 Å². The van der Waals surface area contributed by atoms with E-state index in [2.05, 4.69) is 55.5 Å². The molecule has 0 fully saturated rings. The van der Waals surface area contributed by atoms with Gasteiger partial charge in [0.2, 0.25) is 0 Å². The van der Waals surface area contributed by atoms with E-state index in [0.29, 0.717) is 0 Å². The first-order valence-corrected chi connectivity index (χ1v) is 6.57. The van der Waals surface area contributed by atoms with E-state index in [1.807, 2.05) is 6.92 Å². The summed E-state index contributed by atoms with van der Waals surface area (Å²) in [4.78, 5) is 2.53. The number of hydrogen-bond donors (Lipinski definition) is 1.